The SMILES string of the molecule is C[C@H](OC[C@H]1CCCCO1)C(=O)NS(=O)(=O)c1cccc(C#N)c1. The van der Waals surface area contributed by atoms with Crippen molar-refractivity contribution in [2.45, 2.75) is 43.3 Å². The van der Waals surface area contributed by atoms with Gasteiger partial charge in [0.05, 0.1) is 29.2 Å². The lowest BCUT2D eigenvalue weighted by molar-refractivity contribution is -0.133. The second-order valence-corrected chi connectivity index (χ2v) is 7.26. The number of nitrogens with one attached hydrogen (secondary N) is 1. The molecule has 1 aromatic rings. The van der Waals surface area contributed by atoms with Gasteiger partial charge in [-0.25, -0.2) is 13.1 Å². The number of amides is 1. The average Bonchev–Trinajstić information content (AvgIpc) is 2.60. The Hall–Kier alpha value is -1.95. The summed E-state index contributed by atoms with van der Waals surface area (Å²) in [4.78, 5) is 11.9. The summed E-state index contributed by atoms with van der Waals surface area (Å²) in [6.45, 7) is 2.41. The standard InChI is InChI=1S/C16H20N2O5S/c1-12(23-11-14-6-2-3-8-22-14)16(19)18-24(20,21)15-7-4-5-13(9-15)10-17/h4-5,7,9,12,14H,2-3,6,8,11H2,1H3,(H,18,19)/t12-,14+/m0/s1. The minimum atomic E-state index is -4.04. The number of benzene rings is 1. The molecule has 2 atom stereocenters. The van der Waals surface area contributed by atoms with Crippen molar-refractivity contribution in [3.05, 3.63) is 29.8 Å². The zero-order chi connectivity index (χ0) is 17.6. The molecule has 1 aliphatic rings. The molecular formula is C16H20N2O5S. The highest BCUT2D eigenvalue weighted by molar-refractivity contribution is 7.90. The van der Waals surface area contributed by atoms with E-state index in [0.29, 0.717) is 6.61 Å². The maximum Gasteiger partial charge on any atom is 0.264 e. The fourth-order valence-corrected chi connectivity index (χ4v) is 3.36. The van der Waals surface area contributed by atoms with Crippen LogP contribution in [0.3, 0.4) is 0 Å². The van der Waals surface area contributed by atoms with Gasteiger partial charge in [0.2, 0.25) is 0 Å². The van der Waals surface area contributed by atoms with Crippen molar-refractivity contribution in [1.82, 2.24) is 4.72 Å². The van der Waals surface area contributed by atoms with Gasteiger partial charge >= 0.3 is 0 Å². The molecule has 1 saturated heterocycles. The Morgan fingerprint density at radius 2 is 2.29 bits per heavy atom. The molecule has 0 aromatic heterocycles. The van der Waals surface area contributed by atoms with Gasteiger partial charge in [-0.1, -0.05) is 6.07 Å². The predicted molar refractivity (Wildman–Crippen MR) is 85.5 cm³/mol. The molecule has 1 N–H and O–H groups in total. The Kier molecular flexibility index (Phi) is 6.31. The van der Waals surface area contributed by atoms with Crippen molar-refractivity contribution in [1.29, 1.82) is 5.26 Å². The Morgan fingerprint density at radius 1 is 1.50 bits per heavy atom. The summed E-state index contributed by atoms with van der Waals surface area (Å²) in [5.41, 5.74) is 0.198. The monoisotopic (exact) mass is 352 g/mol. The normalized spacial score (nSPS) is 19.2. The molecule has 1 amide bonds. The largest absolute Gasteiger partial charge is 0.376 e. The van der Waals surface area contributed by atoms with Crippen LogP contribution in [0.15, 0.2) is 29.2 Å². The molecule has 0 radical (unpaired) electrons. The zero-order valence-electron chi connectivity index (χ0n) is 13.4. The van der Waals surface area contributed by atoms with Crippen LogP contribution in [0.4, 0.5) is 0 Å². The van der Waals surface area contributed by atoms with Gasteiger partial charge in [-0.15, -0.1) is 0 Å². The van der Waals surface area contributed by atoms with Crippen molar-refractivity contribution in [3.8, 4) is 6.07 Å². The van der Waals surface area contributed by atoms with Crippen LogP contribution in [0.1, 0.15) is 31.7 Å². The third kappa shape index (κ3) is 5.03. The lowest BCUT2D eigenvalue weighted by atomic mass is 10.1. The van der Waals surface area contributed by atoms with Gasteiger partial charge in [-0.2, -0.15) is 5.26 Å². The summed E-state index contributed by atoms with van der Waals surface area (Å²) in [6, 6.07) is 7.30. The quantitative estimate of drug-likeness (QED) is 0.828. The molecule has 130 valence electrons. The molecule has 0 unspecified atom stereocenters. The fourth-order valence-electron chi connectivity index (χ4n) is 2.27. The van der Waals surface area contributed by atoms with E-state index >= 15 is 0 Å². The van der Waals surface area contributed by atoms with Crippen LogP contribution in [0.5, 0.6) is 0 Å². The molecule has 0 bridgehead atoms. The highest BCUT2D eigenvalue weighted by Gasteiger charge is 2.24. The summed E-state index contributed by atoms with van der Waals surface area (Å²) < 4.78 is 37.3. The molecular weight excluding hydrogens is 332 g/mol. The van der Waals surface area contributed by atoms with E-state index in [1.807, 2.05) is 10.8 Å². The van der Waals surface area contributed by atoms with Gasteiger partial charge in [0, 0.05) is 6.61 Å². The molecule has 7 nitrogen and oxygen atoms in total. The van der Waals surface area contributed by atoms with Crippen LogP contribution >= 0.6 is 0 Å². The molecule has 2 rings (SSSR count). The number of hydrogen-bond donors (Lipinski definition) is 1. The van der Waals surface area contributed by atoms with E-state index in [0.717, 1.165) is 19.3 Å². The van der Waals surface area contributed by atoms with E-state index in [4.69, 9.17) is 14.7 Å². The summed E-state index contributed by atoms with van der Waals surface area (Å²) in [5.74, 6) is -0.756. The average molecular weight is 352 g/mol. The number of nitrogens with zero attached hydrogens (tertiary/aromatic N) is 1. The first-order chi connectivity index (χ1) is 11.4. The highest BCUT2D eigenvalue weighted by atomic mass is 32.2. The molecule has 24 heavy (non-hydrogen) atoms. The minimum Gasteiger partial charge on any atom is -0.376 e. The van der Waals surface area contributed by atoms with Crippen molar-refractivity contribution < 1.29 is 22.7 Å². The summed E-state index contributed by atoms with van der Waals surface area (Å²) in [6.07, 6.45) is 1.96. The number of nitriles is 1. The van der Waals surface area contributed by atoms with E-state index in [1.165, 1.54) is 31.2 Å². The molecule has 1 aliphatic heterocycles. The minimum absolute atomic E-state index is 0.0575. The molecule has 0 aliphatic carbocycles. The number of carbonyl (C=O) groups excluding carboxylic acids is 1. The maximum atomic E-state index is 12.2. The second-order valence-electron chi connectivity index (χ2n) is 5.57. The third-order valence-electron chi connectivity index (χ3n) is 3.68. The van der Waals surface area contributed by atoms with E-state index < -0.39 is 22.0 Å². The lowest BCUT2D eigenvalue weighted by Gasteiger charge is -2.23. The molecule has 1 heterocycles. The Balaban J connectivity index is 1.92. The van der Waals surface area contributed by atoms with Crippen LogP contribution < -0.4 is 4.72 Å². The summed E-state index contributed by atoms with van der Waals surface area (Å²) in [7, 11) is -4.04. The van der Waals surface area contributed by atoms with E-state index in [9.17, 15) is 13.2 Å². The van der Waals surface area contributed by atoms with Gasteiger partial charge in [0.15, 0.2) is 0 Å². The Labute approximate surface area is 141 Å². The number of ether oxygens (including phenoxy) is 2. The highest BCUT2D eigenvalue weighted by Crippen LogP contribution is 2.14. The first kappa shape index (κ1) is 18.4. The van der Waals surface area contributed by atoms with E-state index in [2.05, 4.69) is 0 Å². The van der Waals surface area contributed by atoms with Crippen molar-refractivity contribution in [2.75, 3.05) is 13.2 Å². The van der Waals surface area contributed by atoms with E-state index in [1.54, 1.807) is 0 Å². The van der Waals surface area contributed by atoms with Crippen molar-refractivity contribution in [3.63, 3.8) is 0 Å². The van der Waals surface area contributed by atoms with Crippen LogP contribution in [-0.2, 0) is 24.3 Å². The maximum absolute atomic E-state index is 12.2. The smallest absolute Gasteiger partial charge is 0.264 e. The van der Waals surface area contributed by atoms with Gasteiger partial charge in [-0.3, -0.25) is 4.79 Å². The predicted octanol–water partition coefficient (Wildman–Crippen LogP) is 1.34. The molecule has 1 aromatic carbocycles. The zero-order valence-corrected chi connectivity index (χ0v) is 14.2. The van der Waals surface area contributed by atoms with Crippen molar-refractivity contribution in [2.24, 2.45) is 0 Å². The number of sulfonamides is 1. The summed E-state index contributed by atoms with van der Waals surface area (Å²) in [5, 5.41) is 8.83. The van der Waals surface area contributed by atoms with E-state index in [-0.39, 0.29) is 23.2 Å². The van der Waals surface area contributed by atoms with Crippen LogP contribution in [-0.4, -0.2) is 39.7 Å². The fraction of sp³-hybridized carbons (Fsp3) is 0.500. The first-order valence-electron chi connectivity index (χ1n) is 7.72. The molecule has 8 heteroatoms. The summed E-state index contributed by atoms with van der Waals surface area (Å²) >= 11 is 0. The Bertz CT molecular complexity index is 720. The lowest BCUT2D eigenvalue weighted by Crippen LogP contribution is -2.40. The van der Waals surface area contributed by atoms with Crippen LogP contribution in [0.2, 0.25) is 0 Å². The molecule has 0 spiro atoms. The van der Waals surface area contributed by atoms with Gasteiger partial charge in [0.25, 0.3) is 15.9 Å². The number of hydrogen-bond acceptors (Lipinski definition) is 6. The van der Waals surface area contributed by atoms with Crippen LogP contribution in [0, 0.1) is 11.3 Å². The molecule has 1 fully saturated rings. The van der Waals surface area contributed by atoms with Gasteiger partial charge in [0.1, 0.15) is 6.10 Å². The molecule has 0 saturated carbocycles. The van der Waals surface area contributed by atoms with Crippen molar-refractivity contribution >= 4 is 15.9 Å². The third-order valence-corrected chi connectivity index (χ3v) is 5.03. The number of carbonyl (C=O) groups is 1. The topological polar surface area (TPSA) is 105 Å². The first-order valence-corrected chi connectivity index (χ1v) is 9.21. The van der Waals surface area contributed by atoms with Gasteiger partial charge in [-0.05, 0) is 44.4 Å². The van der Waals surface area contributed by atoms with Crippen LogP contribution in [0.25, 0.3) is 0 Å². The Morgan fingerprint density at radius 3 is 2.96 bits per heavy atom. The van der Waals surface area contributed by atoms with Gasteiger partial charge < -0.3 is 9.47 Å². The second kappa shape index (κ2) is 8.24. The number of rotatable bonds is 6.